The largest absolute Gasteiger partial charge is 0.386 e. The van der Waals surface area contributed by atoms with E-state index in [1.165, 1.54) is 0 Å². The van der Waals surface area contributed by atoms with Gasteiger partial charge < -0.3 is 24.8 Å². The van der Waals surface area contributed by atoms with E-state index in [0.29, 0.717) is 29.7 Å². The van der Waals surface area contributed by atoms with Crippen LogP contribution in [0.25, 0.3) is 0 Å². The summed E-state index contributed by atoms with van der Waals surface area (Å²) in [6, 6.07) is 7.33. The summed E-state index contributed by atoms with van der Waals surface area (Å²) in [5, 5.41) is 14.3. The van der Waals surface area contributed by atoms with Crippen LogP contribution in [0.15, 0.2) is 29.3 Å². The molecule has 27 heavy (non-hydrogen) atoms. The zero-order chi connectivity index (χ0) is 18.8. The Morgan fingerprint density at radius 3 is 2.89 bits per heavy atom. The maximum atomic E-state index is 10.4. The van der Waals surface area contributed by atoms with Gasteiger partial charge in [0.25, 0.3) is 0 Å². The van der Waals surface area contributed by atoms with E-state index in [4.69, 9.17) is 21.1 Å². The Balaban J connectivity index is 0.00000364. The van der Waals surface area contributed by atoms with Gasteiger partial charge in [-0.1, -0.05) is 29.8 Å². The number of aliphatic hydroxyl groups is 1. The van der Waals surface area contributed by atoms with Crippen LogP contribution in [-0.4, -0.2) is 69.1 Å². The minimum absolute atomic E-state index is 0. The maximum Gasteiger partial charge on any atom is 0.194 e. The average molecular weight is 512 g/mol. The summed E-state index contributed by atoms with van der Waals surface area (Å²) in [5.74, 6) is 1.32. The van der Waals surface area contributed by atoms with Crippen molar-refractivity contribution in [2.24, 2.45) is 10.9 Å². The summed E-state index contributed by atoms with van der Waals surface area (Å²) in [6.07, 6.45) is 0.359. The van der Waals surface area contributed by atoms with E-state index >= 15 is 0 Å². The molecule has 1 aliphatic heterocycles. The zero-order valence-corrected chi connectivity index (χ0v) is 19.2. The second-order valence-corrected chi connectivity index (χ2v) is 6.81. The number of ether oxygens (including phenoxy) is 2. The maximum absolute atomic E-state index is 10.4. The van der Waals surface area contributed by atoms with Gasteiger partial charge in [-0.2, -0.15) is 0 Å². The van der Waals surface area contributed by atoms with E-state index in [0.717, 1.165) is 38.6 Å². The molecular formula is C19H31ClIN3O3. The topological polar surface area (TPSA) is 66.3 Å². The number of likely N-dealkylation sites (tertiary alicyclic amines) is 1. The SMILES string of the molecule is CCNC(=NCC(O)c1ccccc1Cl)N1CCC(COCCOC)C1.I. The molecule has 0 saturated carbocycles. The Kier molecular flexibility index (Phi) is 12.3. The van der Waals surface area contributed by atoms with Gasteiger partial charge >= 0.3 is 0 Å². The van der Waals surface area contributed by atoms with Crippen molar-refractivity contribution in [3.63, 3.8) is 0 Å². The highest BCUT2D eigenvalue weighted by Crippen LogP contribution is 2.23. The molecule has 2 rings (SSSR count). The van der Waals surface area contributed by atoms with Gasteiger partial charge in [0.05, 0.1) is 26.4 Å². The second kappa shape index (κ2) is 13.5. The molecule has 1 fully saturated rings. The average Bonchev–Trinajstić information content (AvgIpc) is 3.11. The molecule has 2 atom stereocenters. The number of benzene rings is 1. The van der Waals surface area contributed by atoms with Crippen molar-refractivity contribution in [2.75, 3.05) is 53.1 Å². The predicted octanol–water partition coefficient (Wildman–Crippen LogP) is 2.94. The van der Waals surface area contributed by atoms with Gasteiger partial charge in [0.2, 0.25) is 0 Å². The van der Waals surface area contributed by atoms with Crippen LogP contribution < -0.4 is 5.32 Å². The van der Waals surface area contributed by atoms with E-state index in [-0.39, 0.29) is 30.5 Å². The number of methoxy groups -OCH3 is 1. The second-order valence-electron chi connectivity index (χ2n) is 6.40. The molecule has 0 radical (unpaired) electrons. The van der Waals surface area contributed by atoms with E-state index < -0.39 is 6.10 Å². The first-order valence-corrected chi connectivity index (χ1v) is 9.55. The first-order valence-electron chi connectivity index (χ1n) is 9.18. The Hall–Kier alpha value is -0.610. The molecular weight excluding hydrogens is 481 g/mol. The molecule has 0 amide bonds. The number of hydrogen-bond donors (Lipinski definition) is 2. The Morgan fingerprint density at radius 1 is 1.41 bits per heavy atom. The molecule has 154 valence electrons. The molecule has 6 nitrogen and oxygen atoms in total. The Bertz CT molecular complexity index is 577. The molecule has 1 aliphatic rings. The van der Waals surface area contributed by atoms with Gasteiger partial charge in [-0.25, -0.2) is 0 Å². The summed E-state index contributed by atoms with van der Waals surface area (Å²) in [6.45, 7) is 6.94. The van der Waals surface area contributed by atoms with Crippen molar-refractivity contribution in [2.45, 2.75) is 19.4 Å². The first-order chi connectivity index (χ1) is 12.7. The lowest BCUT2D eigenvalue weighted by atomic mass is 10.1. The molecule has 1 heterocycles. The van der Waals surface area contributed by atoms with Crippen LogP contribution in [0.4, 0.5) is 0 Å². The third kappa shape index (κ3) is 8.11. The standard InChI is InChI=1S/C19H30ClN3O3.HI/c1-3-21-19(22-12-18(24)16-6-4-5-7-17(16)20)23-9-8-15(13-23)14-26-11-10-25-2;/h4-7,15,18,24H,3,8-14H2,1-2H3,(H,21,22);1H. The van der Waals surface area contributed by atoms with E-state index in [1.54, 1.807) is 13.2 Å². The highest BCUT2D eigenvalue weighted by molar-refractivity contribution is 14.0. The van der Waals surface area contributed by atoms with Gasteiger partial charge in [0, 0.05) is 43.2 Å². The molecule has 0 bridgehead atoms. The van der Waals surface area contributed by atoms with Crippen molar-refractivity contribution in [1.82, 2.24) is 10.2 Å². The summed E-state index contributed by atoms with van der Waals surface area (Å²) in [4.78, 5) is 6.85. The zero-order valence-electron chi connectivity index (χ0n) is 16.1. The number of halogens is 2. The number of hydrogen-bond acceptors (Lipinski definition) is 4. The summed E-state index contributed by atoms with van der Waals surface area (Å²) in [7, 11) is 1.68. The monoisotopic (exact) mass is 511 g/mol. The van der Waals surface area contributed by atoms with Gasteiger partial charge in [0.1, 0.15) is 6.10 Å². The highest BCUT2D eigenvalue weighted by atomic mass is 127. The van der Waals surface area contributed by atoms with Crippen LogP contribution in [0.1, 0.15) is 25.0 Å². The smallest absolute Gasteiger partial charge is 0.194 e. The number of aliphatic imine (C=N–C) groups is 1. The third-order valence-corrected chi connectivity index (χ3v) is 4.73. The normalized spacial score (nSPS) is 18.3. The molecule has 1 aromatic rings. The van der Waals surface area contributed by atoms with Crippen LogP contribution >= 0.6 is 35.6 Å². The molecule has 8 heteroatoms. The lowest BCUT2D eigenvalue weighted by Gasteiger charge is -2.22. The van der Waals surface area contributed by atoms with E-state index in [9.17, 15) is 5.11 Å². The minimum Gasteiger partial charge on any atom is -0.386 e. The van der Waals surface area contributed by atoms with Gasteiger partial charge in [0.15, 0.2) is 5.96 Å². The summed E-state index contributed by atoms with van der Waals surface area (Å²) in [5.41, 5.74) is 0.708. The van der Waals surface area contributed by atoms with Crippen molar-refractivity contribution >= 4 is 41.5 Å². The lowest BCUT2D eigenvalue weighted by molar-refractivity contribution is 0.0536. The minimum atomic E-state index is -0.715. The molecule has 1 saturated heterocycles. The van der Waals surface area contributed by atoms with Gasteiger partial charge in [-0.15, -0.1) is 24.0 Å². The van der Waals surface area contributed by atoms with Gasteiger partial charge in [-0.3, -0.25) is 4.99 Å². The van der Waals surface area contributed by atoms with Crippen LogP contribution in [-0.2, 0) is 9.47 Å². The molecule has 1 aromatic carbocycles. The van der Waals surface area contributed by atoms with Crippen molar-refractivity contribution < 1.29 is 14.6 Å². The fourth-order valence-corrected chi connectivity index (χ4v) is 3.26. The molecule has 2 N–H and O–H groups in total. The highest BCUT2D eigenvalue weighted by Gasteiger charge is 2.25. The van der Waals surface area contributed by atoms with Gasteiger partial charge in [-0.05, 0) is 19.4 Å². The molecule has 0 spiro atoms. The number of nitrogens with zero attached hydrogens (tertiary/aromatic N) is 2. The van der Waals surface area contributed by atoms with E-state index in [1.807, 2.05) is 25.1 Å². The van der Waals surface area contributed by atoms with Crippen molar-refractivity contribution in [3.8, 4) is 0 Å². The van der Waals surface area contributed by atoms with Crippen LogP contribution in [0.3, 0.4) is 0 Å². The number of aliphatic hydroxyl groups excluding tert-OH is 1. The number of nitrogens with one attached hydrogen (secondary N) is 1. The molecule has 0 aromatic heterocycles. The van der Waals surface area contributed by atoms with Crippen molar-refractivity contribution in [1.29, 1.82) is 0 Å². The molecule has 0 aliphatic carbocycles. The van der Waals surface area contributed by atoms with Crippen molar-refractivity contribution in [3.05, 3.63) is 34.9 Å². The summed E-state index contributed by atoms with van der Waals surface area (Å²) >= 11 is 6.16. The van der Waals surface area contributed by atoms with Crippen LogP contribution in [0, 0.1) is 5.92 Å². The fourth-order valence-electron chi connectivity index (χ4n) is 3.00. The lowest BCUT2D eigenvalue weighted by Crippen LogP contribution is -2.40. The van der Waals surface area contributed by atoms with Crippen LogP contribution in [0.2, 0.25) is 5.02 Å². The first kappa shape index (κ1) is 24.4. The fraction of sp³-hybridized carbons (Fsp3) is 0.632. The number of rotatable bonds is 9. The van der Waals surface area contributed by atoms with Crippen LogP contribution in [0.5, 0.6) is 0 Å². The quantitative estimate of drug-likeness (QED) is 0.231. The Morgan fingerprint density at radius 2 is 2.19 bits per heavy atom. The van der Waals surface area contributed by atoms with E-state index in [2.05, 4.69) is 15.2 Å². The predicted molar refractivity (Wildman–Crippen MR) is 120 cm³/mol. The Labute approximate surface area is 184 Å². The number of guanidine groups is 1. The summed E-state index contributed by atoms with van der Waals surface area (Å²) < 4.78 is 10.6. The molecule has 2 unspecified atom stereocenters. The third-order valence-electron chi connectivity index (χ3n) is 4.38.